The number of urea groups is 1. The highest BCUT2D eigenvalue weighted by Crippen LogP contribution is 2.26. The summed E-state index contributed by atoms with van der Waals surface area (Å²) in [7, 11) is -4.02. The Morgan fingerprint density at radius 1 is 1.20 bits per heavy atom. The second-order valence-corrected chi connectivity index (χ2v) is 7.22. The van der Waals surface area contributed by atoms with Gasteiger partial charge in [-0.05, 0) is 6.07 Å². The highest BCUT2D eigenvalue weighted by molar-refractivity contribution is 7.89. The highest BCUT2D eigenvalue weighted by atomic mass is 32.2. The van der Waals surface area contributed by atoms with Gasteiger partial charge in [-0.1, -0.05) is 12.1 Å². The van der Waals surface area contributed by atoms with Crippen molar-refractivity contribution in [3.05, 3.63) is 34.4 Å². The Kier molecular flexibility index (Phi) is 5.66. The quantitative estimate of drug-likeness (QED) is 0.501. The fourth-order valence-electron chi connectivity index (χ4n) is 2.47. The van der Waals surface area contributed by atoms with Crippen molar-refractivity contribution in [2.45, 2.75) is 4.90 Å². The molecule has 0 spiro atoms. The highest BCUT2D eigenvalue weighted by Gasteiger charge is 2.33. The summed E-state index contributed by atoms with van der Waals surface area (Å²) in [4.78, 5) is 33.7. The van der Waals surface area contributed by atoms with Crippen molar-refractivity contribution in [2.75, 3.05) is 32.7 Å². The number of piperazine rings is 1. The van der Waals surface area contributed by atoms with Gasteiger partial charge in [0.2, 0.25) is 15.9 Å². The summed E-state index contributed by atoms with van der Waals surface area (Å²) >= 11 is 0. The van der Waals surface area contributed by atoms with Gasteiger partial charge < -0.3 is 5.73 Å². The largest absolute Gasteiger partial charge is 0.351 e. The molecule has 3 N–H and O–H groups in total. The first-order valence-corrected chi connectivity index (χ1v) is 8.71. The Bertz CT molecular complexity index is 788. The number of sulfonamides is 1. The van der Waals surface area contributed by atoms with Crippen LogP contribution in [-0.2, 0) is 14.8 Å². The fraction of sp³-hybridized carbons (Fsp3) is 0.385. The van der Waals surface area contributed by atoms with Gasteiger partial charge >= 0.3 is 6.03 Å². The van der Waals surface area contributed by atoms with Crippen molar-refractivity contribution < 1.29 is 22.9 Å². The molecule has 0 unspecified atom stereocenters. The van der Waals surface area contributed by atoms with Crippen LogP contribution < -0.4 is 11.1 Å². The van der Waals surface area contributed by atoms with Gasteiger partial charge in [0, 0.05) is 32.2 Å². The van der Waals surface area contributed by atoms with Crippen LogP contribution in [0, 0.1) is 10.1 Å². The summed E-state index contributed by atoms with van der Waals surface area (Å²) in [5, 5.41) is 13.0. The van der Waals surface area contributed by atoms with Crippen LogP contribution >= 0.6 is 0 Å². The predicted molar refractivity (Wildman–Crippen MR) is 86.0 cm³/mol. The number of carbonyl (C=O) groups is 2. The van der Waals surface area contributed by atoms with Crippen LogP contribution in [0.4, 0.5) is 10.5 Å². The smallest absolute Gasteiger partial charge is 0.318 e. The molecule has 0 bridgehead atoms. The maximum absolute atomic E-state index is 12.6. The molecule has 25 heavy (non-hydrogen) atoms. The summed E-state index contributed by atoms with van der Waals surface area (Å²) in [5.41, 5.74) is 4.37. The van der Waals surface area contributed by atoms with E-state index in [1.54, 1.807) is 4.90 Å². The molecular formula is C13H17N5O6S. The molecular weight excluding hydrogens is 354 g/mol. The molecule has 1 aliphatic heterocycles. The number of primary amides is 1. The van der Waals surface area contributed by atoms with Gasteiger partial charge in [-0.3, -0.25) is 25.1 Å². The first kappa shape index (κ1) is 18.8. The lowest BCUT2D eigenvalue weighted by Crippen LogP contribution is -2.51. The summed E-state index contributed by atoms with van der Waals surface area (Å²) in [6, 6.07) is 4.19. The van der Waals surface area contributed by atoms with Gasteiger partial charge in [-0.25, -0.2) is 13.2 Å². The summed E-state index contributed by atoms with van der Waals surface area (Å²) in [6.45, 7) is 0.525. The van der Waals surface area contributed by atoms with Crippen LogP contribution in [0.25, 0.3) is 0 Å². The molecule has 12 heteroatoms. The van der Waals surface area contributed by atoms with E-state index >= 15 is 0 Å². The number of amides is 3. The number of nitrogens with zero attached hydrogens (tertiary/aromatic N) is 3. The molecule has 136 valence electrons. The number of hydrogen-bond donors (Lipinski definition) is 2. The minimum atomic E-state index is -4.02. The van der Waals surface area contributed by atoms with Crippen LogP contribution in [0.2, 0.25) is 0 Å². The lowest BCUT2D eigenvalue weighted by Gasteiger charge is -2.33. The SMILES string of the molecule is NC(=O)NC(=O)CN1CCN(S(=O)(=O)c2ccccc2[N+](=O)[O-])CC1. The van der Waals surface area contributed by atoms with Crippen LogP contribution in [0.15, 0.2) is 29.2 Å². The van der Waals surface area contributed by atoms with E-state index in [1.807, 2.05) is 5.32 Å². The number of para-hydroxylation sites is 1. The van der Waals surface area contributed by atoms with Gasteiger partial charge in [0.05, 0.1) is 11.5 Å². The van der Waals surface area contributed by atoms with Gasteiger partial charge in [-0.2, -0.15) is 4.31 Å². The zero-order chi connectivity index (χ0) is 18.6. The van der Waals surface area contributed by atoms with Crippen LogP contribution in [0.1, 0.15) is 0 Å². The Morgan fingerprint density at radius 2 is 1.80 bits per heavy atom. The van der Waals surface area contributed by atoms with Crippen LogP contribution in [0.5, 0.6) is 0 Å². The van der Waals surface area contributed by atoms with Gasteiger partial charge in [0.15, 0.2) is 4.90 Å². The molecule has 1 heterocycles. The number of nitro groups is 1. The van der Waals surface area contributed by atoms with E-state index in [0.717, 1.165) is 10.4 Å². The molecule has 3 amide bonds. The normalized spacial score (nSPS) is 16.3. The predicted octanol–water partition coefficient (Wildman–Crippen LogP) is -0.904. The van der Waals surface area contributed by atoms with E-state index in [4.69, 9.17) is 5.73 Å². The number of rotatable bonds is 5. The molecule has 1 aliphatic rings. The first-order chi connectivity index (χ1) is 11.7. The van der Waals surface area contributed by atoms with E-state index < -0.39 is 32.6 Å². The van der Waals surface area contributed by atoms with E-state index in [0.29, 0.717) is 0 Å². The van der Waals surface area contributed by atoms with E-state index in [9.17, 15) is 28.1 Å². The minimum Gasteiger partial charge on any atom is -0.351 e. The number of hydrogen-bond acceptors (Lipinski definition) is 7. The van der Waals surface area contributed by atoms with Crippen molar-refractivity contribution in [3.63, 3.8) is 0 Å². The molecule has 2 rings (SSSR count). The molecule has 0 aromatic heterocycles. The zero-order valence-corrected chi connectivity index (χ0v) is 13.9. The fourth-order valence-corrected chi connectivity index (χ4v) is 4.05. The number of carbonyl (C=O) groups excluding carboxylic acids is 2. The third-order valence-electron chi connectivity index (χ3n) is 3.64. The van der Waals surface area contributed by atoms with Crippen LogP contribution in [-0.4, -0.2) is 67.2 Å². The second kappa shape index (κ2) is 7.55. The molecule has 1 saturated heterocycles. The average Bonchev–Trinajstić information content (AvgIpc) is 2.54. The Labute approximate surface area is 143 Å². The van der Waals surface area contributed by atoms with Gasteiger partial charge in [-0.15, -0.1) is 0 Å². The summed E-state index contributed by atoms with van der Waals surface area (Å²) in [6.07, 6.45) is 0. The van der Waals surface area contributed by atoms with Crippen molar-refractivity contribution in [1.82, 2.24) is 14.5 Å². The summed E-state index contributed by atoms with van der Waals surface area (Å²) in [5.74, 6) is -0.581. The van der Waals surface area contributed by atoms with Crippen molar-refractivity contribution >= 4 is 27.6 Å². The number of nitrogens with one attached hydrogen (secondary N) is 1. The first-order valence-electron chi connectivity index (χ1n) is 7.27. The molecule has 11 nitrogen and oxygen atoms in total. The van der Waals surface area contributed by atoms with Crippen molar-refractivity contribution in [2.24, 2.45) is 5.73 Å². The van der Waals surface area contributed by atoms with Gasteiger partial charge in [0.1, 0.15) is 0 Å². The monoisotopic (exact) mass is 371 g/mol. The number of nitro benzene ring substituents is 1. The zero-order valence-electron chi connectivity index (χ0n) is 13.1. The van der Waals surface area contributed by atoms with E-state index in [-0.39, 0.29) is 37.6 Å². The standard InChI is InChI=1S/C13H17N5O6S/c14-13(20)15-12(19)9-16-5-7-17(8-6-16)25(23,24)11-4-2-1-3-10(11)18(21)22/h1-4H,5-9H2,(H3,14,15,19,20). The molecule has 0 radical (unpaired) electrons. The Hall–Kier alpha value is -2.57. The topological polar surface area (TPSA) is 156 Å². The lowest BCUT2D eigenvalue weighted by molar-refractivity contribution is -0.387. The number of benzene rings is 1. The maximum Gasteiger partial charge on any atom is 0.318 e. The van der Waals surface area contributed by atoms with E-state index in [2.05, 4.69) is 0 Å². The van der Waals surface area contributed by atoms with E-state index in [1.165, 1.54) is 18.2 Å². The lowest BCUT2D eigenvalue weighted by atomic mass is 10.3. The van der Waals surface area contributed by atoms with Crippen molar-refractivity contribution in [3.8, 4) is 0 Å². The van der Waals surface area contributed by atoms with Crippen LogP contribution in [0.3, 0.4) is 0 Å². The number of nitrogens with two attached hydrogens (primary N) is 1. The second-order valence-electron chi connectivity index (χ2n) is 5.32. The molecule has 1 aromatic rings. The van der Waals surface area contributed by atoms with Crippen molar-refractivity contribution in [1.29, 1.82) is 0 Å². The molecule has 0 atom stereocenters. The molecule has 1 fully saturated rings. The molecule has 0 aliphatic carbocycles. The third-order valence-corrected chi connectivity index (χ3v) is 5.59. The Balaban J connectivity index is 2.06. The third kappa shape index (κ3) is 4.49. The maximum atomic E-state index is 12.6. The minimum absolute atomic E-state index is 0.0677. The summed E-state index contributed by atoms with van der Waals surface area (Å²) < 4.78 is 26.4. The Morgan fingerprint density at radius 3 is 2.36 bits per heavy atom. The number of imide groups is 1. The molecule has 1 aromatic carbocycles. The van der Waals surface area contributed by atoms with Gasteiger partial charge in [0.25, 0.3) is 5.69 Å². The average molecular weight is 371 g/mol. The molecule has 0 saturated carbocycles.